The standard InChI is InChI=1S/C35H31BrN4O6S2/c1-21(41)40-16-15-27-29(19-40)48-34(31(27)35(45)46-2)39-30(42)20-47-26-10-6-9-25(18-26)37-33(44)28(17-22-11-13-24(36)14-12-22)38-32(43)23-7-4-3-5-8-23/h3-14,17-18H,15-16,19-20H2,1-2H3,(H,37,44)(H,38,43)(H,39,42)/b28-17-. The fourth-order valence-corrected chi connectivity index (χ4v) is 7.21. The van der Waals surface area contributed by atoms with Crippen LogP contribution in [0.15, 0.2) is 93.9 Å². The van der Waals surface area contributed by atoms with Crippen molar-refractivity contribution in [3.63, 3.8) is 0 Å². The molecule has 3 N–H and O–H groups in total. The van der Waals surface area contributed by atoms with Crippen LogP contribution < -0.4 is 16.0 Å². The van der Waals surface area contributed by atoms with E-state index in [1.54, 1.807) is 59.5 Å². The van der Waals surface area contributed by atoms with Crippen LogP contribution in [0.1, 0.15) is 43.6 Å². The number of esters is 1. The van der Waals surface area contributed by atoms with E-state index in [0.717, 1.165) is 14.9 Å². The van der Waals surface area contributed by atoms with E-state index in [1.165, 1.54) is 37.1 Å². The average Bonchev–Trinajstić information content (AvgIpc) is 3.45. The number of hydrogen-bond donors (Lipinski definition) is 3. The first-order valence-corrected chi connectivity index (χ1v) is 17.4. The smallest absolute Gasteiger partial charge is 0.341 e. The van der Waals surface area contributed by atoms with Crippen molar-refractivity contribution in [1.29, 1.82) is 0 Å². The van der Waals surface area contributed by atoms with Gasteiger partial charge in [0, 0.05) is 39.0 Å². The van der Waals surface area contributed by atoms with Crippen molar-refractivity contribution in [1.82, 2.24) is 10.2 Å². The third-order valence-electron chi connectivity index (χ3n) is 7.32. The maximum absolute atomic E-state index is 13.5. The Morgan fingerprint density at radius 2 is 1.73 bits per heavy atom. The van der Waals surface area contributed by atoms with Crippen molar-refractivity contribution in [3.8, 4) is 0 Å². The zero-order valence-corrected chi connectivity index (χ0v) is 29.2. The molecule has 0 unspecified atom stereocenters. The first-order valence-electron chi connectivity index (χ1n) is 14.8. The number of methoxy groups -OCH3 is 1. The third kappa shape index (κ3) is 8.79. The molecule has 4 aromatic rings. The number of thiophene rings is 1. The van der Waals surface area contributed by atoms with Gasteiger partial charge in [-0.05, 0) is 66.1 Å². The summed E-state index contributed by atoms with van der Waals surface area (Å²) in [6.45, 7) is 2.36. The Morgan fingerprint density at radius 3 is 2.44 bits per heavy atom. The highest BCUT2D eigenvalue weighted by Gasteiger charge is 2.30. The van der Waals surface area contributed by atoms with E-state index in [0.29, 0.717) is 51.8 Å². The van der Waals surface area contributed by atoms with Gasteiger partial charge in [0.25, 0.3) is 11.8 Å². The van der Waals surface area contributed by atoms with E-state index in [1.807, 2.05) is 30.3 Å². The van der Waals surface area contributed by atoms with Crippen LogP contribution in [0.25, 0.3) is 6.08 Å². The molecule has 0 fully saturated rings. The molecule has 0 aliphatic carbocycles. The molecule has 10 nitrogen and oxygen atoms in total. The fourth-order valence-electron chi connectivity index (χ4n) is 4.92. The third-order valence-corrected chi connectivity index (χ3v) is 9.97. The van der Waals surface area contributed by atoms with Crippen LogP contribution in [-0.4, -0.2) is 53.9 Å². The van der Waals surface area contributed by atoms with E-state index in [4.69, 9.17) is 4.74 Å². The molecule has 13 heteroatoms. The minimum Gasteiger partial charge on any atom is -0.465 e. The molecular formula is C35H31BrN4O6S2. The van der Waals surface area contributed by atoms with Crippen LogP contribution in [0.4, 0.5) is 10.7 Å². The molecule has 3 aromatic carbocycles. The number of nitrogens with one attached hydrogen (secondary N) is 3. The fraction of sp³-hybridized carbons (Fsp3) is 0.171. The SMILES string of the molecule is COC(=O)c1c(NC(=O)CSc2cccc(NC(=O)/C(=C/c3ccc(Br)cc3)NC(=O)c3ccccc3)c2)sc2c1CCN(C(C)=O)C2. The summed E-state index contributed by atoms with van der Waals surface area (Å²) in [5, 5.41) is 8.81. The number of carbonyl (C=O) groups is 5. The van der Waals surface area contributed by atoms with Crippen LogP contribution in [0.5, 0.6) is 0 Å². The zero-order chi connectivity index (χ0) is 34.2. The van der Waals surface area contributed by atoms with Gasteiger partial charge in [-0.25, -0.2) is 4.79 Å². The van der Waals surface area contributed by atoms with Crippen molar-refractivity contribution in [2.24, 2.45) is 0 Å². The average molecular weight is 748 g/mol. The number of ether oxygens (including phenoxy) is 1. The van der Waals surface area contributed by atoms with Crippen LogP contribution in [0.3, 0.4) is 0 Å². The predicted octanol–water partition coefficient (Wildman–Crippen LogP) is 6.34. The summed E-state index contributed by atoms with van der Waals surface area (Å²) >= 11 is 5.93. The molecule has 5 rings (SSSR count). The van der Waals surface area contributed by atoms with E-state index in [-0.39, 0.29) is 23.3 Å². The van der Waals surface area contributed by atoms with Crippen LogP contribution >= 0.6 is 39.0 Å². The van der Waals surface area contributed by atoms with Gasteiger partial charge >= 0.3 is 5.97 Å². The van der Waals surface area contributed by atoms with Crippen LogP contribution in [0, 0.1) is 0 Å². The van der Waals surface area contributed by atoms with Gasteiger partial charge in [0.2, 0.25) is 11.8 Å². The molecule has 0 saturated carbocycles. The molecule has 4 amide bonds. The van der Waals surface area contributed by atoms with Crippen molar-refractivity contribution in [2.45, 2.75) is 24.8 Å². The second kappa shape index (κ2) is 15.9. The number of halogens is 1. The summed E-state index contributed by atoms with van der Waals surface area (Å²) in [6, 6.07) is 22.9. The lowest BCUT2D eigenvalue weighted by molar-refractivity contribution is -0.129. The Labute approximate surface area is 294 Å². The highest BCUT2D eigenvalue weighted by molar-refractivity contribution is 9.10. The van der Waals surface area contributed by atoms with Crippen molar-refractivity contribution < 1.29 is 28.7 Å². The molecule has 246 valence electrons. The number of rotatable bonds is 10. The highest BCUT2D eigenvalue weighted by Crippen LogP contribution is 2.38. The lowest BCUT2D eigenvalue weighted by Crippen LogP contribution is -2.33. The first kappa shape index (κ1) is 34.6. The summed E-state index contributed by atoms with van der Waals surface area (Å²) in [5.41, 5.74) is 2.76. The van der Waals surface area contributed by atoms with Crippen LogP contribution in [-0.2, 0) is 32.1 Å². The number of benzene rings is 3. The van der Waals surface area contributed by atoms with Gasteiger partial charge < -0.3 is 25.6 Å². The lowest BCUT2D eigenvalue weighted by atomic mass is 10.0. The molecule has 48 heavy (non-hydrogen) atoms. The predicted molar refractivity (Wildman–Crippen MR) is 191 cm³/mol. The van der Waals surface area contributed by atoms with Gasteiger partial charge in [0.1, 0.15) is 10.7 Å². The number of anilines is 2. The number of thioether (sulfide) groups is 1. The Kier molecular flexibility index (Phi) is 11.5. The molecule has 1 aromatic heterocycles. The lowest BCUT2D eigenvalue weighted by Gasteiger charge is -2.25. The number of fused-ring (bicyclic) bond motifs is 1. The zero-order valence-electron chi connectivity index (χ0n) is 26.0. The number of amides is 4. The van der Waals surface area contributed by atoms with Crippen molar-refractivity contribution in [3.05, 3.63) is 116 Å². The summed E-state index contributed by atoms with van der Waals surface area (Å²) in [6.07, 6.45) is 2.09. The number of carbonyl (C=O) groups excluding carboxylic acids is 5. The number of nitrogens with zero attached hydrogens (tertiary/aromatic N) is 1. The second-order valence-electron chi connectivity index (χ2n) is 10.6. The molecule has 0 saturated heterocycles. The maximum Gasteiger partial charge on any atom is 0.341 e. The monoisotopic (exact) mass is 746 g/mol. The molecule has 0 radical (unpaired) electrons. The van der Waals surface area contributed by atoms with E-state index >= 15 is 0 Å². The molecule has 0 bridgehead atoms. The highest BCUT2D eigenvalue weighted by atomic mass is 79.9. The quantitative estimate of drug-likeness (QED) is 0.0980. The summed E-state index contributed by atoms with van der Waals surface area (Å²) in [5.74, 6) is -1.84. The van der Waals surface area contributed by atoms with Crippen molar-refractivity contribution in [2.75, 3.05) is 30.0 Å². The largest absolute Gasteiger partial charge is 0.465 e. The molecule has 1 aliphatic heterocycles. The molecule has 0 spiro atoms. The van der Waals surface area contributed by atoms with Crippen LogP contribution in [0.2, 0.25) is 0 Å². The van der Waals surface area contributed by atoms with E-state index in [9.17, 15) is 24.0 Å². The summed E-state index contributed by atoms with van der Waals surface area (Å²) < 4.78 is 5.87. The molecule has 1 aliphatic rings. The Hall–Kier alpha value is -4.72. The van der Waals surface area contributed by atoms with E-state index in [2.05, 4.69) is 31.9 Å². The normalized spacial score (nSPS) is 12.5. The Balaban J connectivity index is 1.26. The maximum atomic E-state index is 13.5. The summed E-state index contributed by atoms with van der Waals surface area (Å²) in [4.78, 5) is 67.2. The minimum atomic E-state index is -0.538. The van der Waals surface area contributed by atoms with Gasteiger partial charge in [-0.1, -0.05) is 52.3 Å². The van der Waals surface area contributed by atoms with Gasteiger partial charge in [0.15, 0.2) is 0 Å². The van der Waals surface area contributed by atoms with Crippen molar-refractivity contribution >= 4 is 85.4 Å². The first-order chi connectivity index (χ1) is 23.1. The summed E-state index contributed by atoms with van der Waals surface area (Å²) in [7, 11) is 1.29. The Bertz CT molecular complexity index is 1890. The van der Waals surface area contributed by atoms with E-state index < -0.39 is 17.8 Å². The second-order valence-corrected chi connectivity index (χ2v) is 13.7. The topological polar surface area (TPSA) is 134 Å². The molecule has 0 atom stereocenters. The van der Waals surface area contributed by atoms with Gasteiger partial charge in [0.05, 0.1) is 25.0 Å². The minimum absolute atomic E-state index is 0.0298. The number of hydrogen-bond acceptors (Lipinski definition) is 8. The van der Waals surface area contributed by atoms with Gasteiger partial charge in [-0.2, -0.15) is 0 Å². The molecular weight excluding hydrogens is 716 g/mol. The Morgan fingerprint density at radius 1 is 0.979 bits per heavy atom. The van der Waals surface area contributed by atoms with Gasteiger partial charge in [-0.3, -0.25) is 19.2 Å². The van der Waals surface area contributed by atoms with Gasteiger partial charge in [-0.15, -0.1) is 23.1 Å². The molecule has 2 heterocycles.